The Balaban J connectivity index is 3.69. The first-order valence-corrected chi connectivity index (χ1v) is 12.7. The van der Waals surface area contributed by atoms with Gasteiger partial charge in [0.2, 0.25) is 5.91 Å². The molecule has 0 rings (SSSR count). The van der Waals surface area contributed by atoms with E-state index in [0.717, 1.165) is 12.8 Å². The molecule has 0 heterocycles. The summed E-state index contributed by atoms with van der Waals surface area (Å²) >= 11 is 0. The molecule has 0 aromatic rings. The highest BCUT2D eigenvalue weighted by Gasteiger charge is 2.24. The number of amides is 1. The second-order valence-corrected chi connectivity index (χ2v) is 8.53. The third-order valence-electron chi connectivity index (χ3n) is 5.91. The number of allylic oxidation sites excluding steroid dienone is 2. The molecule has 0 aliphatic carbocycles. The molecular formula is C26H49NO3. The summed E-state index contributed by atoms with van der Waals surface area (Å²) in [5.74, 6) is -1.22. The van der Waals surface area contributed by atoms with Crippen LogP contribution in [-0.2, 0) is 9.59 Å². The van der Waals surface area contributed by atoms with Crippen LogP contribution in [0.2, 0.25) is 0 Å². The van der Waals surface area contributed by atoms with Crippen molar-refractivity contribution in [1.29, 1.82) is 0 Å². The zero-order valence-electron chi connectivity index (χ0n) is 20.2. The van der Waals surface area contributed by atoms with E-state index in [0.29, 0.717) is 19.5 Å². The molecular weight excluding hydrogens is 374 g/mol. The number of nitrogens with zero attached hydrogens (tertiary/aromatic N) is 1. The van der Waals surface area contributed by atoms with Crippen molar-refractivity contribution in [2.75, 3.05) is 13.1 Å². The molecule has 0 saturated carbocycles. The maximum atomic E-state index is 12.5. The lowest BCUT2D eigenvalue weighted by Gasteiger charge is -2.24. The molecule has 30 heavy (non-hydrogen) atoms. The molecule has 0 radical (unpaired) electrons. The van der Waals surface area contributed by atoms with Crippen molar-refractivity contribution >= 4 is 11.9 Å². The normalized spacial score (nSPS) is 12.4. The van der Waals surface area contributed by atoms with Gasteiger partial charge >= 0.3 is 5.97 Å². The van der Waals surface area contributed by atoms with Crippen LogP contribution < -0.4 is 0 Å². The number of carboxylic acid groups (broad SMARTS) is 1. The van der Waals surface area contributed by atoms with Crippen LogP contribution in [-0.4, -0.2) is 35.0 Å². The van der Waals surface area contributed by atoms with Gasteiger partial charge < -0.3 is 10.0 Å². The SMILES string of the molecule is CCCCCC/C=C/CCCCCCCCCCC(CC(=O)O)C(=O)N(CC)CC. The summed E-state index contributed by atoms with van der Waals surface area (Å²) in [4.78, 5) is 25.4. The minimum Gasteiger partial charge on any atom is -0.481 e. The fourth-order valence-electron chi connectivity index (χ4n) is 3.96. The molecule has 4 heteroatoms. The Hall–Kier alpha value is -1.32. The van der Waals surface area contributed by atoms with Gasteiger partial charge in [-0.15, -0.1) is 0 Å². The number of unbranched alkanes of at least 4 members (excludes halogenated alkanes) is 12. The molecule has 1 atom stereocenters. The van der Waals surface area contributed by atoms with Crippen LogP contribution in [0.5, 0.6) is 0 Å². The van der Waals surface area contributed by atoms with Gasteiger partial charge in [0.15, 0.2) is 0 Å². The van der Waals surface area contributed by atoms with Gasteiger partial charge in [-0.2, -0.15) is 0 Å². The van der Waals surface area contributed by atoms with Crippen LogP contribution in [0.4, 0.5) is 0 Å². The predicted octanol–water partition coefficient (Wildman–Crippen LogP) is 7.37. The van der Waals surface area contributed by atoms with Crippen LogP contribution in [0, 0.1) is 5.92 Å². The molecule has 0 aliphatic rings. The fourth-order valence-corrected chi connectivity index (χ4v) is 3.96. The monoisotopic (exact) mass is 423 g/mol. The van der Waals surface area contributed by atoms with E-state index < -0.39 is 5.97 Å². The largest absolute Gasteiger partial charge is 0.481 e. The zero-order valence-corrected chi connectivity index (χ0v) is 20.2. The van der Waals surface area contributed by atoms with Crippen LogP contribution in [0.25, 0.3) is 0 Å². The van der Waals surface area contributed by atoms with E-state index in [-0.39, 0.29) is 18.2 Å². The molecule has 1 N–H and O–H groups in total. The summed E-state index contributed by atoms with van der Waals surface area (Å²) in [7, 11) is 0. The number of carbonyl (C=O) groups is 2. The van der Waals surface area contributed by atoms with Gasteiger partial charge in [0.25, 0.3) is 0 Å². The lowest BCUT2D eigenvalue weighted by atomic mass is 9.95. The van der Waals surface area contributed by atoms with Crippen molar-refractivity contribution in [3.63, 3.8) is 0 Å². The number of hydrogen-bond donors (Lipinski definition) is 1. The minimum absolute atomic E-state index is 0.0115. The van der Waals surface area contributed by atoms with Crippen molar-refractivity contribution in [3.8, 4) is 0 Å². The smallest absolute Gasteiger partial charge is 0.304 e. The molecule has 0 bridgehead atoms. The summed E-state index contributed by atoms with van der Waals surface area (Å²) in [5.41, 5.74) is 0. The Morgan fingerprint density at radius 3 is 1.67 bits per heavy atom. The Labute approximate surface area is 186 Å². The van der Waals surface area contributed by atoms with Gasteiger partial charge in [-0.3, -0.25) is 9.59 Å². The van der Waals surface area contributed by atoms with Crippen molar-refractivity contribution in [2.45, 2.75) is 124 Å². The van der Waals surface area contributed by atoms with Gasteiger partial charge in [0, 0.05) is 19.0 Å². The van der Waals surface area contributed by atoms with Gasteiger partial charge in [0.1, 0.15) is 0 Å². The third-order valence-corrected chi connectivity index (χ3v) is 5.91. The average molecular weight is 424 g/mol. The van der Waals surface area contributed by atoms with Gasteiger partial charge in [-0.1, -0.05) is 83.3 Å². The van der Waals surface area contributed by atoms with Crippen LogP contribution in [0.3, 0.4) is 0 Å². The minimum atomic E-state index is -0.869. The first-order valence-electron chi connectivity index (χ1n) is 12.7. The summed E-state index contributed by atoms with van der Waals surface area (Å²) < 4.78 is 0. The maximum Gasteiger partial charge on any atom is 0.304 e. The van der Waals surface area contributed by atoms with Crippen molar-refractivity contribution in [2.24, 2.45) is 5.92 Å². The van der Waals surface area contributed by atoms with Gasteiger partial charge in [-0.25, -0.2) is 0 Å². The Bertz CT molecular complexity index is 444. The van der Waals surface area contributed by atoms with Gasteiger partial charge in [-0.05, 0) is 46.0 Å². The maximum absolute atomic E-state index is 12.5. The summed E-state index contributed by atoms with van der Waals surface area (Å²) in [5, 5.41) is 9.12. The molecule has 0 aromatic heterocycles. The first kappa shape index (κ1) is 28.7. The van der Waals surface area contributed by atoms with Crippen LogP contribution >= 0.6 is 0 Å². The van der Waals surface area contributed by atoms with Crippen molar-refractivity contribution < 1.29 is 14.7 Å². The standard InChI is InChI=1S/C26H49NO3/c1-4-7-8-9-10-11-12-13-14-15-16-17-18-19-20-21-22-24(23-25(28)29)26(30)27(5-2)6-3/h11-12,24H,4-10,13-23H2,1-3H3,(H,28,29)/b12-11+. The molecule has 0 fully saturated rings. The number of aliphatic carboxylic acids is 1. The van der Waals surface area contributed by atoms with Crippen LogP contribution in [0.15, 0.2) is 12.2 Å². The predicted molar refractivity (Wildman–Crippen MR) is 128 cm³/mol. The zero-order chi connectivity index (χ0) is 22.5. The van der Waals surface area contributed by atoms with E-state index in [1.807, 2.05) is 13.8 Å². The van der Waals surface area contributed by atoms with E-state index in [2.05, 4.69) is 19.1 Å². The van der Waals surface area contributed by atoms with E-state index in [1.54, 1.807) is 4.90 Å². The molecule has 0 saturated heterocycles. The third kappa shape index (κ3) is 16.5. The number of carboxylic acids is 1. The van der Waals surface area contributed by atoms with E-state index in [1.165, 1.54) is 77.0 Å². The molecule has 1 amide bonds. The quantitative estimate of drug-likeness (QED) is 0.155. The molecule has 1 unspecified atom stereocenters. The summed E-state index contributed by atoms with van der Waals surface area (Å²) in [6, 6.07) is 0. The Morgan fingerprint density at radius 1 is 0.733 bits per heavy atom. The molecule has 4 nitrogen and oxygen atoms in total. The summed E-state index contributed by atoms with van der Waals surface area (Å²) in [6.07, 6.45) is 22.9. The highest BCUT2D eigenvalue weighted by Crippen LogP contribution is 2.19. The van der Waals surface area contributed by atoms with E-state index in [9.17, 15) is 9.59 Å². The second-order valence-electron chi connectivity index (χ2n) is 8.53. The molecule has 0 spiro atoms. The number of hydrogen-bond acceptors (Lipinski definition) is 2. The first-order chi connectivity index (χ1) is 14.6. The number of carbonyl (C=O) groups excluding carboxylic acids is 1. The fraction of sp³-hybridized carbons (Fsp3) is 0.846. The van der Waals surface area contributed by atoms with Crippen LogP contribution in [0.1, 0.15) is 124 Å². The number of rotatable bonds is 21. The van der Waals surface area contributed by atoms with Gasteiger partial charge in [0.05, 0.1) is 6.42 Å². The molecule has 0 aromatic carbocycles. The summed E-state index contributed by atoms with van der Waals surface area (Å²) in [6.45, 7) is 7.46. The lowest BCUT2D eigenvalue weighted by molar-refractivity contribution is -0.144. The second kappa shape index (κ2) is 20.9. The van der Waals surface area contributed by atoms with E-state index in [4.69, 9.17) is 5.11 Å². The van der Waals surface area contributed by atoms with Crippen molar-refractivity contribution in [1.82, 2.24) is 4.90 Å². The lowest BCUT2D eigenvalue weighted by Crippen LogP contribution is -2.36. The molecule has 176 valence electrons. The van der Waals surface area contributed by atoms with Crippen molar-refractivity contribution in [3.05, 3.63) is 12.2 Å². The topological polar surface area (TPSA) is 57.6 Å². The highest BCUT2D eigenvalue weighted by molar-refractivity contribution is 5.83. The molecule has 0 aliphatic heterocycles. The Morgan fingerprint density at radius 2 is 1.20 bits per heavy atom. The average Bonchev–Trinajstić information content (AvgIpc) is 2.73. The highest BCUT2D eigenvalue weighted by atomic mass is 16.4. The van der Waals surface area contributed by atoms with E-state index >= 15 is 0 Å². The Kier molecular flexibility index (Phi) is 20.0.